The van der Waals surface area contributed by atoms with Crippen molar-refractivity contribution in [1.29, 1.82) is 5.41 Å². The summed E-state index contributed by atoms with van der Waals surface area (Å²) in [7, 11) is 0. The highest BCUT2D eigenvalue weighted by Gasteiger charge is 2.30. The van der Waals surface area contributed by atoms with Crippen LogP contribution in [0.25, 0.3) is 5.52 Å². The van der Waals surface area contributed by atoms with Crippen molar-refractivity contribution in [2.75, 3.05) is 6.54 Å². The van der Waals surface area contributed by atoms with Gasteiger partial charge in [-0.05, 0) is 61.8 Å². The number of hydrogen-bond donors (Lipinski definition) is 3. The lowest BCUT2D eigenvalue weighted by Crippen LogP contribution is -2.25. The van der Waals surface area contributed by atoms with Crippen LogP contribution in [0.5, 0.6) is 0 Å². The zero-order chi connectivity index (χ0) is 19.2. The highest BCUT2D eigenvalue weighted by atomic mass is 19.1. The molecule has 0 saturated heterocycles. The van der Waals surface area contributed by atoms with Crippen LogP contribution in [-0.2, 0) is 0 Å². The Kier molecular flexibility index (Phi) is 4.66. The van der Waals surface area contributed by atoms with E-state index in [0.29, 0.717) is 24.0 Å². The third-order valence-corrected chi connectivity index (χ3v) is 4.98. The maximum absolute atomic E-state index is 14.8. The Morgan fingerprint density at radius 1 is 1.50 bits per heavy atom. The molecular weight excluding hydrogens is 337 g/mol. The number of aromatic nitrogens is 1. The number of nitrogens with zero attached hydrogens (tertiary/aromatic N) is 1. The van der Waals surface area contributed by atoms with Crippen LogP contribution in [0.3, 0.4) is 0 Å². The predicted octanol–water partition coefficient (Wildman–Crippen LogP) is 2.68. The molecule has 0 aliphatic heterocycles. The van der Waals surface area contributed by atoms with E-state index >= 15 is 0 Å². The molecule has 138 valence electrons. The monoisotopic (exact) mass is 359 g/mol. The van der Waals surface area contributed by atoms with Crippen molar-refractivity contribution >= 4 is 17.2 Å². The van der Waals surface area contributed by atoms with Crippen LogP contribution >= 0.6 is 0 Å². The van der Waals surface area contributed by atoms with Crippen molar-refractivity contribution in [3.63, 3.8) is 0 Å². The van der Waals surface area contributed by atoms with Gasteiger partial charge in [0.15, 0.2) is 0 Å². The second-order valence-electron chi connectivity index (χ2n) is 7.12. The van der Waals surface area contributed by atoms with Gasteiger partial charge in [0.2, 0.25) is 0 Å². The molecule has 2 aromatic rings. The van der Waals surface area contributed by atoms with Crippen molar-refractivity contribution in [1.82, 2.24) is 4.40 Å². The van der Waals surface area contributed by atoms with Gasteiger partial charge in [-0.1, -0.05) is 6.92 Å². The van der Waals surface area contributed by atoms with Crippen LogP contribution in [0.1, 0.15) is 59.2 Å². The minimum Gasteiger partial charge on any atom is -0.477 e. The second-order valence-corrected chi connectivity index (χ2v) is 7.12. The van der Waals surface area contributed by atoms with Crippen LogP contribution < -0.4 is 11.3 Å². The van der Waals surface area contributed by atoms with Crippen LogP contribution in [0, 0.1) is 24.1 Å². The summed E-state index contributed by atoms with van der Waals surface area (Å²) >= 11 is 0. The van der Waals surface area contributed by atoms with Gasteiger partial charge in [0.25, 0.3) is 5.56 Å². The first-order chi connectivity index (χ1) is 12.3. The Bertz CT molecular complexity index is 976. The number of fused-ring (bicyclic) bond motifs is 1. The number of hydrogen-bond acceptors (Lipinski definition) is 4. The first-order valence-corrected chi connectivity index (χ1v) is 8.65. The summed E-state index contributed by atoms with van der Waals surface area (Å²) in [5, 5.41) is 17.6. The molecular formula is C19H22FN3O3. The Morgan fingerprint density at radius 2 is 2.15 bits per heavy atom. The standard InChI is InChI=1S/C19H22FN3O3/c1-9(7-21)5-15(22)16-10(2)17-12(11-3-4-11)6-13(19(25)26)18(24)23(17)8-14(16)20/h6,8-9,11,22H,3-5,7,21H2,1-2H3,(H,25,26)/t9-/m0/s1. The quantitative estimate of drug-likeness (QED) is 0.689. The van der Waals surface area contributed by atoms with Crippen molar-refractivity contribution < 1.29 is 14.3 Å². The number of nitrogens with two attached hydrogens (primary N) is 1. The summed E-state index contributed by atoms with van der Waals surface area (Å²) in [4.78, 5) is 23.9. The van der Waals surface area contributed by atoms with E-state index < -0.39 is 17.3 Å². The predicted molar refractivity (Wildman–Crippen MR) is 97.0 cm³/mol. The van der Waals surface area contributed by atoms with E-state index in [0.717, 1.165) is 29.0 Å². The number of aromatic carboxylic acids is 1. The number of carboxylic acid groups (broad SMARTS) is 1. The van der Waals surface area contributed by atoms with Crippen molar-refractivity contribution in [2.45, 2.75) is 39.0 Å². The van der Waals surface area contributed by atoms with Gasteiger partial charge in [-0.3, -0.25) is 9.20 Å². The van der Waals surface area contributed by atoms with E-state index in [4.69, 9.17) is 11.1 Å². The molecule has 1 fully saturated rings. The van der Waals surface area contributed by atoms with E-state index in [1.165, 1.54) is 6.07 Å². The van der Waals surface area contributed by atoms with Gasteiger partial charge < -0.3 is 16.2 Å². The minimum atomic E-state index is -1.32. The van der Waals surface area contributed by atoms with Crippen LogP contribution in [0.2, 0.25) is 0 Å². The van der Waals surface area contributed by atoms with Crippen LogP contribution in [-0.4, -0.2) is 27.7 Å². The fourth-order valence-electron chi connectivity index (χ4n) is 3.41. The van der Waals surface area contributed by atoms with Crippen molar-refractivity contribution in [3.05, 3.63) is 50.7 Å². The molecule has 2 heterocycles. The molecule has 1 aliphatic rings. The first kappa shape index (κ1) is 18.3. The van der Waals surface area contributed by atoms with Crippen LogP contribution in [0.4, 0.5) is 4.39 Å². The average Bonchev–Trinajstić information content (AvgIpc) is 3.40. The molecule has 0 radical (unpaired) electrons. The molecule has 1 aliphatic carbocycles. The number of nitrogens with one attached hydrogen (secondary N) is 1. The van der Waals surface area contributed by atoms with Crippen LogP contribution in [0.15, 0.2) is 17.1 Å². The Morgan fingerprint density at radius 3 is 2.69 bits per heavy atom. The minimum absolute atomic E-state index is 0.0389. The van der Waals surface area contributed by atoms with E-state index in [1.54, 1.807) is 6.92 Å². The van der Waals surface area contributed by atoms with Gasteiger partial charge in [-0.2, -0.15) is 0 Å². The Labute approximate surface area is 150 Å². The summed E-state index contributed by atoms with van der Waals surface area (Å²) < 4.78 is 15.9. The molecule has 6 nitrogen and oxygen atoms in total. The van der Waals surface area contributed by atoms with Gasteiger partial charge in [-0.25, -0.2) is 9.18 Å². The van der Waals surface area contributed by atoms with Gasteiger partial charge in [-0.15, -0.1) is 0 Å². The highest BCUT2D eigenvalue weighted by Crippen LogP contribution is 2.43. The maximum atomic E-state index is 14.8. The molecule has 26 heavy (non-hydrogen) atoms. The topological polar surface area (TPSA) is 109 Å². The lowest BCUT2D eigenvalue weighted by molar-refractivity contribution is 0.0694. The molecule has 0 amide bonds. The maximum Gasteiger partial charge on any atom is 0.341 e. The van der Waals surface area contributed by atoms with Gasteiger partial charge >= 0.3 is 5.97 Å². The van der Waals surface area contributed by atoms with Gasteiger partial charge in [0, 0.05) is 17.5 Å². The molecule has 4 N–H and O–H groups in total. The summed E-state index contributed by atoms with van der Waals surface area (Å²) in [6.45, 7) is 3.97. The number of halogens is 1. The lowest BCUT2D eigenvalue weighted by Gasteiger charge is -2.18. The normalized spacial score (nSPS) is 15.2. The number of carboxylic acids is 1. The Hall–Kier alpha value is -2.54. The molecule has 0 spiro atoms. The molecule has 1 atom stereocenters. The summed E-state index contributed by atoms with van der Waals surface area (Å²) in [5.41, 5.74) is 6.56. The smallest absolute Gasteiger partial charge is 0.341 e. The Balaban J connectivity index is 2.30. The molecule has 3 rings (SSSR count). The van der Waals surface area contributed by atoms with Crippen molar-refractivity contribution in [3.8, 4) is 0 Å². The average molecular weight is 359 g/mol. The number of carbonyl (C=O) groups is 1. The lowest BCUT2D eigenvalue weighted by atomic mass is 9.93. The third-order valence-electron chi connectivity index (χ3n) is 4.98. The van der Waals surface area contributed by atoms with E-state index in [-0.39, 0.29) is 28.7 Å². The zero-order valence-corrected chi connectivity index (χ0v) is 14.8. The summed E-state index contributed by atoms with van der Waals surface area (Å²) in [6, 6.07) is 1.42. The molecule has 2 aromatic heterocycles. The van der Waals surface area contributed by atoms with Crippen molar-refractivity contribution in [2.24, 2.45) is 11.7 Å². The number of rotatable bonds is 6. The van der Waals surface area contributed by atoms with E-state index in [1.807, 2.05) is 6.92 Å². The molecule has 0 unspecified atom stereocenters. The summed E-state index contributed by atoms with van der Waals surface area (Å²) in [5.74, 6) is -1.82. The molecule has 1 saturated carbocycles. The largest absolute Gasteiger partial charge is 0.477 e. The second kappa shape index (κ2) is 6.64. The highest BCUT2D eigenvalue weighted by molar-refractivity contribution is 6.01. The van der Waals surface area contributed by atoms with Gasteiger partial charge in [0.1, 0.15) is 11.4 Å². The van der Waals surface area contributed by atoms with E-state index in [2.05, 4.69) is 0 Å². The molecule has 0 aromatic carbocycles. The zero-order valence-electron chi connectivity index (χ0n) is 14.8. The third kappa shape index (κ3) is 3.03. The number of aryl methyl sites for hydroxylation is 1. The molecule has 7 heteroatoms. The first-order valence-electron chi connectivity index (χ1n) is 8.65. The van der Waals surface area contributed by atoms with E-state index in [9.17, 15) is 19.1 Å². The molecule has 0 bridgehead atoms. The number of pyridine rings is 2. The fourth-order valence-corrected chi connectivity index (χ4v) is 3.41. The summed E-state index contributed by atoms with van der Waals surface area (Å²) in [6.07, 6.45) is 3.15. The fraction of sp³-hybridized carbons (Fsp3) is 0.421. The van der Waals surface area contributed by atoms with Gasteiger partial charge in [0.05, 0.1) is 5.52 Å². The SMILES string of the molecule is Cc1c(C(=N)C[C@H](C)CN)c(F)cn2c(=O)c(C(=O)O)cc(C3CC3)c12.